The minimum absolute atomic E-state index is 0.899. The van der Waals surface area contributed by atoms with Crippen molar-refractivity contribution in [3.8, 4) is 16.9 Å². The van der Waals surface area contributed by atoms with Crippen LogP contribution in [0.4, 0.5) is 0 Å². The zero-order valence-corrected chi connectivity index (χ0v) is 12.6. The van der Waals surface area contributed by atoms with E-state index in [1.54, 1.807) is 7.11 Å². The fourth-order valence-electron chi connectivity index (χ4n) is 2.36. The number of ether oxygens (including phenoxy) is 1. The van der Waals surface area contributed by atoms with Crippen molar-refractivity contribution in [3.05, 3.63) is 53.6 Å². The maximum Gasteiger partial charge on any atom is 0.119 e. The zero-order chi connectivity index (χ0) is 14.4. The molecule has 2 aromatic rings. The molecule has 20 heavy (non-hydrogen) atoms. The van der Waals surface area contributed by atoms with Crippen molar-refractivity contribution in [2.24, 2.45) is 0 Å². The highest BCUT2D eigenvalue weighted by atomic mass is 16.5. The van der Waals surface area contributed by atoms with E-state index in [1.165, 1.54) is 28.7 Å². The molecule has 2 heteroatoms. The number of hydrogen-bond donors (Lipinski definition) is 1. The van der Waals surface area contributed by atoms with Gasteiger partial charge in [0, 0.05) is 6.54 Å². The van der Waals surface area contributed by atoms with Crippen LogP contribution in [0.1, 0.15) is 24.5 Å². The van der Waals surface area contributed by atoms with Gasteiger partial charge in [-0.15, -0.1) is 0 Å². The Balaban J connectivity index is 2.20. The Morgan fingerprint density at radius 3 is 2.65 bits per heavy atom. The van der Waals surface area contributed by atoms with E-state index in [1.807, 2.05) is 12.1 Å². The van der Waals surface area contributed by atoms with Gasteiger partial charge in [0.15, 0.2) is 0 Å². The predicted molar refractivity (Wildman–Crippen MR) is 85.2 cm³/mol. The standard InChI is InChI=1S/C18H23NO/c1-4-10-19-13-15-8-9-18(14(2)11-15)16-6-5-7-17(12-16)20-3/h5-9,11-12,19H,4,10,13H2,1-3H3. The fourth-order valence-corrected chi connectivity index (χ4v) is 2.36. The average Bonchev–Trinajstić information content (AvgIpc) is 2.48. The van der Waals surface area contributed by atoms with Crippen molar-refractivity contribution in [1.29, 1.82) is 0 Å². The van der Waals surface area contributed by atoms with E-state index in [0.29, 0.717) is 0 Å². The predicted octanol–water partition coefficient (Wildman–Crippen LogP) is 4.17. The molecule has 0 aliphatic heterocycles. The first-order valence-electron chi connectivity index (χ1n) is 7.19. The molecule has 0 saturated carbocycles. The molecule has 0 saturated heterocycles. The molecular weight excluding hydrogens is 246 g/mol. The molecule has 0 radical (unpaired) electrons. The number of hydrogen-bond acceptors (Lipinski definition) is 2. The Hall–Kier alpha value is -1.80. The van der Waals surface area contributed by atoms with Crippen LogP contribution in [0.3, 0.4) is 0 Å². The van der Waals surface area contributed by atoms with Crippen LogP contribution in [0.15, 0.2) is 42.5 Å². The van der Waals surface area contributed by atoms with E-state index in [0.717, 1.165) is 18.8 Å². The second-order valence-electron chi connectivity index (χ2n) is 5.06. The van der Waals surface area contributed by atoms with Gasteiger partial charge in [0.2, 0.25) is 0 Å². The normalized spacial score (nSPS) is 10.6. The first-order valence-corrected chi connectivity index (χ1v) is 7.19. The SMILES string of the molecule is CCCNCc1ccc(-c2cccc(OC)c2)c(C)c1. The van der Waals surface area contributed by atoms with E-state index >= 15 is 0 Å². The molecule has 0 spiro atoms. The fraction of sp³-hybridized carbons (Fsp3) is 0.333. The highest BCUT2D eigenvalue weighted by molar-refractivity contribution is 5.68. The highest BCUT2D eigenvalue weighted by Crippen LogP contribution is 2.27. The summed E-state index contributed by atoms with van der Waals surface area (Å²) >= 11 is 0. The Bertz CT molecular complexity index is 563. The zero-order valence-electron chi connectivity index (χ0n) is 12.6. The molecule has 2 nitrogen and oxygen atoms in total. The molecule has 106 valence electrons. The van der Waals surface area contributed by atoms with Crippen molar-refractivity contribution >= 4 is 0 Å². The van der Waals surface area contributed by atoms with Crippen LogP contribution in [0.5, 0.6) is 5.75 Å². The third-order valence-corrected chi connectivity index (χ3v) is 3.43. The molecule has 2 aromatic carbocycles. The minimum atomic E-state index is 0.899. The van der Waals surface area contributed by atoms with Gasteiger partial charge in [-0.2, -0.15) is 0 Å². The molecule has 0 bridgehead atoms. The van der Waals surface area contributed by atoms with Gasteiger partial charge >= 0.3 is 0 Å². The van der Waals surface area contributed by atoms with Crippen LogP contribution in [-0.2, 0) is 6.54 Å². The summed E-state index contributed by atoms with van der Waals surface area (Å²) in [6.45, 7) is 6.35. The molecular formula is C18H23NO. The summed E-state index contributed by atoms with van der Waals surface area (Å²) < 4.78 is 5.30. The topological polar surface area (TPSA) is 21.3 Å². The maximum absolute atomic E-state index is 5.30. The summed E-state index contributed by atoms with van der Waals surface area (Å²) in [7, 11) is 1.70. The van der Waals surface area contributed by atoms with Gasteiger partial charge in [0.25, 0.3) is 0 Å². The summed E-state index contributed by atoms with van der Waals surface area (Å²) in [5.41, 5.74) is 5.11. The number of rotatable bonds is 6. The molecule has 0 aromatic heterocycles. The molecule has 0 aliphatic carbocycles. The van der Waals surface area contributed by atoms with Crippen LogP contribution in [0, 0.1) is 6.92 Å². The van der Waals surface area contributed by atoms with Gasteiger partial charge in [-0.05, 0) is 54.3 Å². The maximum atomic E-state index is 5.30. The van der Waals surface area contributed by atoms with E-state index in [4.69, 9.17) is 4.74 Å². The second kappa shape index (κ2) is 7.11. The summed E-state index contributed by atoms with van der Waals surface area (Å²) in [5, 5.41) is 3.44. The summed E-state index contributed by atoms with van der Waals surface area (Å²) in [6, 6.07) is 14.9. The van der Waals surface area contributed by atoms with Crippen molar-refractivity contribution in [2.45, 2.75) is 26.8 Å². The van der Waals surface area contributed by atoms with Crippen molar-refractivity contribution in [3.63, 3.8) is 0 Å². The lowest BCUT2D eigenvalue weighted by Crippen LogP contribution is -2.13. The number of nitrogens with one attached hydrogen (secondary N) is 1. The quantitative estimate of drug-likeness (QED) is 0.795. The Morgan fingerprint density at radius 2 is 1.95 bits per heavy atom. The lowest BCUT2D eigenvalue weighted by Gasteiger charge is -2.10. The second-order valence-corrected chi connectivity index (χ2v) is 5.06. The van der Waals surface area contributed by atoms with Crippen LogP contribution in [0.2, 0.25) is 0 Å². The Kier molecular flexibility index (Phi) is 5.19. The summed E-state index contributed by atoms with van der Waals surface area (Å²) in [6.07, 6.45) is 1.17. The van der Waals surface area contributed by atoms with Gasteiger partial charge in [0.1, 0.15) is 5.75 Å². The molecule has 0 unspecified atom stereocenters. The highest BCUT2D eigenvalue weighted by Gasteiger charge is 2.04. The largest absolute Gasteiger partial charge is 0.497 e. The minimum Gasteiger partial charge on any atom is -0.497 e. The van der Waals surface area contributed by atoms with E-state index < -0.39 is 0 Å². The van der Waals surface area contributed by atoms with Crippen LogP contribution in [0.25, 0.3) is 11.1 Å². The van der Waals surface area contributed by atoms with Crippen LogP contribution >= 0.6 is 0 Å². The van der Waals surface area contributed by atoms with Gasteiger partial charge in [-0.3, -0.25) is 0 Å². The van der Waals surface area contributed by atoms with Crippen LogP contribution in [-0.4, -0.2) is 13.7 Å². The van der Waals surface area contributed by atoms with Crippen molar-refractivity contribution in [1.82, 2.24) is 5.32 Å². The van der Waals surface area contributed by atoms with Crippen LogP contribution < -0.4 is 10.1 Å². The summed E-state index contributed by atoms with van der Waals surface area (Å²) in [5.74, 6) is 0.899. The van der Waals surface area contributed by atoms with E-state index in [9.17, 15) is 0 Å². The molecule has 0 amide bonds. The molecule has 0 fully saturated rings. The first kappa shape index (κ1) is 14.6. The summed E-state index contributed by atoms with van der Waals surface area (Å²) in [4.78, 5) is 0. The Labute approximate surface area is 121 Å². The molecule has 0 atom stereocenters. The third kappa shape index (κ3) is 3.61. The smallest absolute Gasteiger partial charge is 0.119 e. The average molecular weight is 269 g/mol. The van der Waals surface area contributed by atoms with Crippen molar-refractivity contribution in [2.75, 3.05) is 13.7 Å². The third-order valence-electron chi connectivity index (χ3n) is 3.43. The molecule has 2 rings (SSSR count). The van der Waals surface area contributed by atoms with E-state index in [2.05, 4.69) is 49.5 Å². The van der Waals surface area contributed by atoms with E-state index in [-0.39, 0.29) is 0 Å². The number of methoxy groups -OCH3 is 1. The van der Waals surface area contributed by atoms with Gasteiger partial charge in [-0.25, -0.2) is 0 Å². The molecule has 0 aliphatic rings. The van der Waals surface area contributed by atoms with Gasteiger partial charge in [-0.1, -0.05) is 37.3 Å². The van der Waals surface area contributed by atoms with Gasteiger partial charge < -0.3 is 10.1 Å². The van der Waals surface area contributed by atoms with Crippen molar-refractivity contribution < 1.29 is 4.74 Å². The first-order chi connectivity index (χ1) is 9.74. The molecule has 0 heterocycles. The lowest BCUT2D eigenvalue weighted by atomic mass is 9.98. The van der Waals surface area contributed by atoms with Gasteiger partial charge in [0.05, 0.1) is 7.11 Å². The molecule has 1 N–H and O–H groups in total. The monoisotopic (exact) mass is 269 g/mol. The number of aryl methyl sites for hydroxylation is 1. The Morgan fingerprint density at radius 1 is 1.10 bits per heavy atom. The lowest BCUT2D eigenvalue weighted by molar-refractivity contribution is 0.415. The number of benzene rings is 2.